The molecular formula is C29H28FN5O3S. The summed E-state index contributed by atoms with van der Waals surface area (Å²) in [7, 11) is 5.60. The molecule has 2 aliphatic heterocycles. The van der Waals surface area contributed by atoms with Gasteiger partial charge in [-0.05, 0) is 71.8 Å². The topological polar surface area (TPSA) is 86.6 Å². The van der Waals surface area contributed by atoms with Crippen LogP contribution in [-0.2, 0) is 9.59 Å². The van der Waals surface area contributed by atoms with Crippen LogP contribution >= 0.6 is 11.8 Å². The highest BCUT2D eigenvalue weighted by Gasteiger charge is 2.39. The molecule has 0 saturated heterocycles. The fourth-order valence-corrected chi connectivity index (χ4v) is 5.48. The number of benzene rings is 3. The smallest absolute Gasteiger partial charge is 0.262 e. The van der Waals surface area contributed by atoms with Crippen LogP contribution in [0.25, 0.3) is 0 Å². The van der Waals surface area contributed by atoms with E-state index in [1.165, 1.54) is 36.0 Å². The summed E-state index contributed by atoms with van der Waals surface area (Å²) in [6.07, 6.45) is 0.566. The van der Waals surface area contributed by atoms with Gasteiger partial charge >= 0.3 is 0 Å². The number of ether oxygens (including phenoxy) is 1. The normalized spacial score (nSPS) is 18.6. The van der Waals surface area contributed by atoms with Crippen LogP contribution in [0.3, 0.4) is 0 Å². The minimum atomic E-state index is -0.669. The second kappa shape index (κ2) is 11.3. The van der Waals surface area contributed by atoms with E-state index < -0.39 is 11.1 Å². The van der Waals surface area contributed by atoms with Gasteiger partial charge in [-0.15, -0.1) is 0 Å². The number of hydrogen-bond donors (Lipinski definition) is 1. The molecule has 0 spiro atoms. The van der Waals surface area contributed by atoms with Gasteiger partial charge in [0.1, 0.15) is 16.8 Å². The number of halogens is 1. The Hall–Kier alpha value is -4.18. The van der Waals surface area contributed by atoms with Gasteiger partial charge in [-0.1, -0.05) is 23.9 Å². The zero-order valence-corrected chi connectivity index (χ0v) is 22.6. The molecule has 39 heavy (non-hydrogen) atoms. The van der Waals surface area contributed by atoms with E-state index in [2.05, 4.69) is 34.6 Å². The lowest BCUT2D eigenvalue weighted by Gasteiger charge is -2.24. The van der Waals surface area contributed by atoms with Crippen molar-refractivity contribution in [2.75, 3.05) is 31.4 Å². The minimum absolute atomic E-state index is 0.0566. The van der Waals surface area contributed by atoms with E-state index in [9.17, 15) is 14.0 Å². The molecule has 3 aromatic rings. The molecule has 2 amide bonds. The fourth-order valence-electron chi connectivity index (χ4n) is 4.42. The maximum absolute atomic E-state index is 13.2. The second-order valence-electron chi connectivity index (χ2n) is 9.42. The van der Waals surface area contributed by atoms with Gasteiger partial charge in [-0.2, -0.15) is 10.1 Å². The fraction of sp³-hybridized carbons (Fsp3) is 0.241. The molecule has 0 radical (unpaired) electrons. The molecule has 0 fully saturated rings. The van der Waals surface area contributed by atoms with Crippen LogP contribution < -0.4 is 15.0 Å². The molecule has 200 valence electrons. The summed E-state index contributed by atoms with van der Waals surface area (Å²) in [5, 5.41) is 9.19. The number of methoxy groups -OCH3 is 1. The van der Waals surface area contributed by atoms with Crippen LogP contribution in [0.2, 0.25) is 0 Å². The van der Waals surface area contributed by atoms with E-state index in [0.29, 0.717) is 17.3 Å². The number of rotatable bonds is 7. The Morgan fingerprint density at radius 2 is 1.77 bits per heavy atom. The molecule has 2 unspecified atom stereocenters. The summed E-state index contributed by atoms with van der Waals surface area (Å²) in [4.78, 5) is 31.8. The largest absolute Gasteiger partial charge is 0.497 e. The van der Waals surface area contributed by atoms with Crippen molar-refractivity contribution in [1.29, 1.82) is 0 Å². The summed E-state index contributed by atoms with van der Waals surface area (Å²) in [5.74, 6) is -0.352. The lowest BCUT2D eigenvalue weighted by molar-refractivity contribution is -0.121. The zero-order valence-electron chi connectivity index (χ0n) is 21.8. The number of aliphatic imine (C=N–C) groups is 1. The number of hydrogen-bond acceptors (Lipinski definition) is 7. The summed E-state index contributed by atoms with van der Waals surface area (Å²) < 4.78 is 18.5. The first-order chi connectivity index (χ1) is 18.8. The number of amidine groups is 1. The van der Waals surface area contributed by atoms with Gasteiger partial charge in [0.25, 0.3) is 5.91 Å². The first-order valence-electron chi connectivity index (χ1n) is 12.4. The monoisotopic (exact) mass is 545 g/mol. The Bertz CT molecular complexity index is 1420. The van der Waals surface area contributed by atoms with Crippen LogP contribution in [0.5, 0.6) is 5.75 Å². The van der Waals surface area contributed by atoms with Crippen LogP contribution in [0.1, 0.15) is 30.0 Å². The average Bonchev–Trinajstić information content (AvgIpc) is 3.54. The van der Waals surface area contributed by atoms with Crippen LogP contribution in [-0.4, -0.2) is 54.2 Å². The number of anilines is 2. The van der Waals surface area contributed by atoms with E-state index in [1.807, 2.05) is 43.3 Å². The van der Waals surface area contributed by atoms with E-state index in [1.54, 1.807) is 12.1 Å². The maximum atomic E-state index is 13.2. The Morgan fingerprint density at radius 3 is 2.41 bits per heavy atom. The third-order valence-corrected chi connectivity index (χ3v) is 7.69. The molecule has 2 atom stereocenters. The quantitative estimate of drug-likeness (QED) is 0.446. The number of hydrazone groups is 1. The third-order valence-electron chi connectivity index (χ3n) is 6.55. The minimum Gasteiger partial charge on any atom is -0.497 e. The summed E-state index contributed by atoms with van der Waals surface area (Å²) in [6.45, 7) is 0. The highest BCUT2D eigenvalue weighted by molar-refractivity contribution is 8.15. The maximum Gasteiger partial charge on any atom is 0.262 e. The van der Waals surface area contributed by atoms with E-state index in [0.717, 1.165) is 28.3 Å². The van der Waals surface area contributed by atoms with E-state index >= 15 is 0 Å². The first-order valence-corrected chi connectivity index (χ1v) is 13.3. The molecule has 0 aromatic heterocycles. The lowest BCUT2D eigenvalue weighted by atomic mass is 9.98. The molecule has 0 saturated carbocycles. The van der Waals surface area contributed by atoms with Gasteiger partial charge in [0, 0.05) is 38.3 Å². The first kappa shape index (κ1) is 26.4. The Kier molecular flexibility index (Phi) is 7.65. The van der Waals surface area contributed by atoms with Crippen LogP contribution in [0.4, 0.5) is 15.8 Å². The average molecular weight is 546 g/mol. The van der Waals surface area contributed by atoms with Gasteiger partial charge in [0.15, 0.2) is 5.17 Å². The molecule has 5 rings (SSSR count). The zero-order chi connectivity index (χ0) is 27.5. The van der Waals surface area contributed by atoms with Crippen molar-refractivity contribution in [3.63, 3.8) is 0 Å². The van der Waals surface area contributed by atoms with Crippen molar-refractivity contribution < 1.29 is 18.7 Å². The third kappa shape index (κ3) is 5.96. The molecule has 2 aliphatic rings. The lowest BCUT2D eigenvalue weighted by Crippen LogP contribution is -2.25. The highest BCUT2D eigenvalue weighted by Crippen LogP contribution is 2.39. The summed E-state index contributed by atoms with van der Waals surface area (Å²) in [6, 6.07) is 21.3. The number of nitrogens with zero attached hydrogens (tertiary/aromatic N) is 4. The van der Waals surface area contributed by atoms with Gasteiger partial charge in [-0.3, -0.25) is 9.59 Å². The molecule has 1 N–H and O–H groups in total. The molecule has 3 aromatic carbocycles. The van der Waals surface area contributed by atoms with Crippen molar-refractivity contribution in [1.82, 2.24) is 5.01 Å². The van der Waals surface area contributed by atoms with Crippen molar-refractivity contribution in [3.8, 4) is 5.75 Å². The van der Waals surface area contributed by atoms with Crippen molar-refractivity contribution in [2.24, 2.45) is 10.1 Å². The number of carbonyl (C=O) groups excluding carboxylic acids is 2. The van der Waals surface area contributed by atoms with Gasteiger partial charge in [-0.25, -0.2) is 9.40 Å². The second-order valence-corrected chi connectivity index (χ2v) is 10.6. The van der Waals surface area contributed by atoms with Crippen LogP contribution in [0, 0.1) is 5.82 Å². The van der Waals surface area contributed by atoms with Gasteiger partial charge in [0.05, 0.1) is 18.9 Å². The molecule has 0 bridgehead atoms. The number of amides is 2. The Morgan fingerprint density at radius 1 is 1.08 bits per heavy atom. The standard InChI is InChI=1S/C29H28FN5O3S/c1-34(2)22-12-4-19(5-13-22)25-16-24(18-6-14-23(38-3)15-7-18)33-35(25)29-32-28(37)26(39-29)17-27(36)31-21-10-8-20(30)9-11-21/h4-15,25-26H,16-17H2,1-3H3,(H,31,36). The van der Waals surface area contributed by atoms with E-state index in [4.69, 9.17) is 9.84 Å². The van der Waals surface area contributed by atoms with Crippen molar-refractivity contribution >= 4 is 45.8 Å². The number of thioether (sulfide) groups is 1. The molecule has 0 aliphatic carbocycles. The Balaban J connectivity index is 1.36. The van der Waals surface area contributed by atoms with Gasteiger partial charge < -0.3 is 15.0 Å². The van der Waals surface area contributed by atoms with Crippen molar-refractivity contribution in [2.45, 2.75) is 24.1 Å². The summed E-state index contributed by atoms with van der Waals surface area (Å²) in [5.41, 5.74) is 4.41. The predicted molar refractivity (Wildman–Crippen MR) is 153 cm³/mol. The van der Waals surface area contributed by atoms with Gasteiger partial charge in [0.2, 0.25) is 5.91 Å². The molecule has 8 nitrogen and oxygen atoms in total. The SMILES string of the molecule is COc1ccc(C2=NN(C3=NC(=O)C(CC(=O)Nc4ccc(F)cc4)S3)C(c3ccc(N(C)C)cc3)C2)cc1. The van der Waals surface area contributed by atoms with E-state index in [-0.39, 0.29) is 24.3 Å². The number of nitrogens with one attached hydrogen (secondary N) is 1. The van der Waals surface area contributed by atoms with Crippen LogP contribution in [0.15, 0.2) is 82.9 Å². The predicted octanol–water partition coefficient (Wildman–Crippen LogP) is 5.08. The molecule has 2 heterocycles. The summed E-state index contributed by atoms with van der Waals surface area (Å²) >= 11 is 1.24. The number of carbonyl (C=O) groups is 2. The molecule has 10 heteroatoms. The Labute approximate surface area is 230 Å². The highest BCUT2D eigenvalue weighted by atomic mass is 32.2. The van der Waals surface area contributed by atoms with Crippen molar-refractivity contribution in [3.05, 3.63) is 89.7 Å². The molecular weight excluding hydrogens is 517 g/mol.